The molecular weight excluding hydrogens is 418 g/mol. The fraction of sp³-hybridized carbons (Fsp3) is 1.00. The molecule has 0 fully saturated rings. The van der Waals surface area contributed by atoms with E-state index in [1.807, 2.05) is 0 Å². The molecular formula is C28H60ClNO2. The predicted molar refractivity (Wildman–Crippen MR) is 138 cm³/mol. The van der Waals surface area contributed by atoms with Crippen LogP contribution in [0.5, 0.6) is 0 Å². The number of quaternary nitrogens is 1. The highest BCUT2D eigenvalue weighted by molar-refractivity contribution is 4.52. The largest absolute Gasteiger partial charge is 1.00 e. The standard InChI is InChI=1S/C28H60NO2.ClH/c1-3-5-7-9-11-12-13-14-15-16-17-18-20-22-24-29(25-27-30,26-28-31)23-21-19-10-8-6-4-2;/h30-31H,3-28H2,1-2H3;1H/q+1;/p-1. The maximum absolute atomic E-state index is 9.62. The summed E-state index contributed by atoms with van der Waals surface area (Å²) in [7, 11) is 0. The van der Waals surface area contributed by atoms with Crippen LogP contribution in [0.1, 0.15) is 142 Å². The van der Waals surface area contributed by atoms with Crippen LogP contribution >= 0.6 is 0 Å². The summed E-state index contributed by atoms with van der Waals surface area (Å²) in [6, 6.07) is 0. The second-order valence-electron chi connectivity index (χ2n) is 10.0. The van der Waals surface area contributed by atoms with Gasteiger partial charge in [-0.1, -0.05) is 117 Å². The van der Waals surface area contributed by atoms with Crippen molar-refractivity contribution < 1.29 is 27.1 Å². The van der Waals surface area contributed by atoms with Gasteiger partial charge in [-0.05, 0) is 25.7 Å². The summed E-state index contributed by atoms with van der Waals surface area (Å²) < 4.78 is 0.930. The molecule has 0 aliphatic rings. The Balaban J connectivity index is 0. The molecule has 0 amide bonds. The van der Waals surface area contributed by atoms with Gasteiger partial charge in [-0.3, -0.25) is 0 Å². The van der Waals surface area contributed by atoms with Crippen molar-refractivity contribution in [1.29, 1.82) is 0 Å². The molecule has 0 saturated carbocycles. The number of aliphatic hydroxyl groups excluding tert-OH is 2. The van der Waals surface area contributed by atoms with E-state index in [0.717, 1.165) is 30.7 Å². The van der Waals surface area contributed by atoms with E-state index in [2.05, 4.69) is 13.8 Å². The van der Waals surface area contributed by atoms with Gasteiger partial charge in [0.15, 0.2) is 0 Å². The second kappa shape index (κ2) is 27.4. The van der Waals surface area contributed by atoms with E-state index in [0.29, 0.717) is 0 Å². The molecule has 32 heavy (non-hydrogen) atoms. The number of unbranched alkanes of at least 4 members (excludes halogenated alkanes) is 18. The van der Waals surface area contributed by atoms with E-state index < -0.39 is 0 Å². The summed E-state index contributed by atoms with van der Waals surface area (Å²) in [5.41, 5.74) is 0. The summed E-state index contributed by atoms with van der Waals surface area (Å²) >= 11 is 0. The molecule has 0 rings (SSSR count). The van der Waals surface area contributed by atoms with Crippen LogP contribution in [0.3, 0.4) is 0 Å². The number of hydrogen-bond acceptors (Lipinski definition) is 2. The number of rotatable bonds is 26. The fourth-order valence-corrected chi connectivity index (χ4v) is 4.96. The van der Waals surface area contributed by atoms with E-state index in [9.17, 15) is 10.2 Å². The highest BCUT2D eigenvalue weighted by atomic mass is 35.5. The number of halogens is 1. The van der Waals surface area contributed by atoms with Gasteiger partial charge in [0.25, 0.3) is 0 Å². The van der Waals surface area contributed by atoms with Crippen molar-refractivity contribution in [2.45, 2.75) is 142 Å². The zero-order chi connectivity index (χ0) is 22.9. The summed E-state index contributed by atoms with van der Waals surface area (Å²) in [5.74, 6) is 0. The van der Waals surface area contributed by atoms with Crippen LogP contribution in [-0.2, 0) is 0 Å². The Morgan fingerprint density at radius 1 is 0.375 bits per heavy atom. The first-order chi connectivity index (χ1) is 15.2. The minimum atomic E-state index is 0. The minimum Gasteiger partial charge on any atom is -1.00 e. The quantitative estimate of drug-likeness (QED) is 0.141. The van der Waals surface area contributed by atoms with Crippen molar-refractivity contribution in [3.8, 4) is 0 Å². The Kier molecular flexibility index (Phi) is 29.4. The van der Waals surface area contributed by atoms with Gasteiger partial charge < -0.3 is 27.1 Å². The second-order valence-corrected chi connectivity index (χ2v) is 10.0. The minimum absolute atomic E-state index is 0. The van der Waals surface area contributed by atoms with Gasteiger partial charge in [-0.25, -0.2) is 0 Å². The van der Waals surface area contributed by atoms with Gasteiger partial charge in [0.05, 0.1) is 26.3 Å². The molecule has 0 aromatic heterocycles. The van der Waals surface area contributed by atoms with Gasteiger partial charge in [0.2, 0.25) is 0 Å². The molecule has 0 atom stereocenters. The lowest BCUT2D eigenvalue weighted by Gasteiger charge is -2.38. The van der Waals surface area contributed by atoms with Crippen LogP contribution < -0.4 is 12.4 Å². The summed E-state index contributed by atoms with van der Waals surface area (Å²) in [6.07, 6.45) is 27.4. The molecule has 0 aliphatic heterocycles. The van der Waals surface area contributed by atoms with Gasteiger partial charge >= 0.3 is 0 Å². The predicted octanol–water partition coefficient (Wildman–Crippen LogP) is 4.63. The van der Waals surface area contributed by atoms with Crippen LogP contribution in [0.4, 0.5) is 0 Å². The normalized spacial score (nSPS) is 11.6. The lowest BCUT2D eigenvalue weighted by atomic mass is 10.0. The molecule has 3 nitrogen and oxygen atoms in total. The SMILES string of the molecule is CCCCCCCCCCCCCCCC[N+](CCO)(CCO)CCCCCCCC.[Cl-]. The Bertz CT molecular complexity index is 335. The third kappa shape index (κ3) is 22.0. The Hall–Kier alpha value is 0.170. The van der Waals surface area contributed by atoms with Crippen LogP contribution in [0.25, 0.3) is 0 Å². The Morgan fingerprint density at radius 2 is 0.625 bits per heavy atom. The molecule has 4 heteroatoms. The molecule has 0 aromatic carbocycles. The van der Waals surface area contributed by atoms with Gasteiger partial charge in [0, 0.05) is 0 Å². The molecule has 196 valence electrons. The first-order valence-corrected chi connectivity index (χ1v) is 14.3. The number of aliphatic hydroxyl groups is 2. The molecule has 0 aliphatic carbocycles. The van der Waals surface area contributed by atoms with Crippen molar-refractivity contribution in [1.82, 2.24) is 0 Å². The molecule has 0 spiro atoms. The van der Waals surface area contributed by atoms with E-state index >= 15 is 0 Å². The zero-order valence-electron chi connectivity index (χ0n) is 22.1. The monoisotopic (exact) mass is 477 g/mol. The zero-order valence-corrected chi connectivity index (χ0v) is 22.9. The van der Waals surface area contributed by atoms with E-state index in [4.69, 9.17) is 0 Å². The summed E-state index contributed by atoms with van der Waals surface area (Å²) in [5, 5.41) is 19.2. The number of hydrogen-bond donors (Lipinski definition) is 2. The average Bonchev–Trinajstić information content (AvgIpc) is 2.77. The highest BCUT2D eigenvalue weighted by Gasteiger charge is 2.25. The maximum atomic E-state index is 9.62. The molecule has 0 saturated heterocycles. The first-order valence-electron chi connectivity index (χ1n) is 14.3. The number of nitrogens with zero attached hydrogens (tertiary/aromatic N) is 1. The van der Waals surface area contributed by atoms with Crippen LogP contribution in [0.2, 0.25) is 0 Å². The van der Waals surface area contributed by atoms with Crippen LogP contribution in [-0.4, -0.2) is 54.1 Å². The molecule has 0 radical (unpaired) electrons. The van der Waals surface area contributed by atoms with E-state index in [-0.39, 0.29) is 25.6 Å². The first kappa shape index (κ1) is 34.3. The molecule has 0 unspecified atom stereocenters. The third-order valence-electron chi connectivity index (χ3n) is 7.12. The molecule has 0 aromatic rings. The summed E-state index contributed by atoms with van der Waals surface area (Å²) in [6.45, 7) is 8.93. The van der Waals surface area contributed by atoms with Crippen LogP contribution in [0.15, 0.2) is 0 Å². The molecule has 0 bridgehead atoms. The third-order valence-corrected chi connectivity index (χ3v) is 7.12. The van der Waals surface area contributed by atoms with Crippen molar-refractivity contribution >= 4 is 0 Å². The van der Waals surface area contributed by atoms with Crippen molar-refractivity contribution in [3.63, 3.8) is 0 Å². The van der Waals surface area contributed by atoms with Crippen molar-refractivity contribution in [3.05, 3.63) is 0 Å². The lowest BCUT2D eigenvalue weighted by molar-refractivity contribution is -0.929. The van der Waals surface area contributed by atoms with E-state index in [1.165, 1.54) is 128 Å². The van der Waals surface area contributed by atoms with Gasteiger partial charge in [-0.2, -0.15) is 0 Å². The maximum Gasteiger partial charge on any atom is 0.102 e. The Labute approximate surface area is 208 Å². The highest BCUT2D eigenvalue weighted by Crippen LogP contribution is 2.16. The lowest BCUT2D eigenvalue weighted by Crippen LogP contribution is -3.00. The van der Waals surface area contributed by atoms with Gasteiger partial charge in [-0.15, -0.1) is 0 Å². The Morgan fingerprint density at radius 3 is 0.875 bits per heavy atom. The fourth-order valence-electron chi connectivity index (χ4n) is 4.96. The topological polar surface area (TPSA) is 40.5 Å². The van der Waals surface area contributed by atoms with Crippen molar-refractivity contribution in [2.24, 2.45) is 0 Å². The van der Waals surface area contributed by atoms with Gasteiger partial charge in [0.1, 0.15) is 13.1 Å². The van der Waals surface area contributed by atoms with E-state index in [1.54, 1.807) is 0 Å². The van der Waals surface area contributed by atoms with Crippen molar-refractivity contribution in [2.75, 3.05) is 39.4 Å². The smallest absolute Gasteiger partial charge is 0.102 e. The molecule has 0 heterocycles. The van der Waals surface area contributed by atoms with Crippen LogP contribution in [0, 0.1) is 0 Å². The average molecular weight is 478 g/mol. The molecule has 2 N–H and O–H groups in total. The summed E-state index contributed by atoms with van der Waals surface area (Å²) in [4.78, 5) is 0.